The molecule has 0 aliphatic heterocycles. The van der Waals surface area contributed by atoms with Gasteiger partial charge in [-0.1, -0.05) is 65.8 Å². The first-order valence-electron chi connectivity index (χ1n) is 8.23. The lowest BCUT2D eigenvalue weighted by atomic mass is 10.1. The largest absolute Gasteiger partial charge is 0.360 e. The molecule has 1 aromatic heterocycles. The van der Waals surface area contributed by atoms with Crippen molar-refractivity contribution in [3.05, 3.63) is 89.3 Å². The highest BCUT2D eigenvalue weighted by atomic mass is 16.5. The Balaban J connectivity index is 1.73. The smallest absolute Gasteiger partial charge is 0.151 e. The van der Waals surface area contributed by atoms with Gasteiger partial charge in [0.05, 0.1) is 12.2 Å². The van der Waals surface area contributed by atoms with E-state index in [0.29, 0.717) is 0 Å². The Morgan fingerprint density at radius 3 is 2.00 bits per heavy atom. The van der Waals surface area contributed by atoms with Crippen LogP contribution in [0.4, 0.5) is 0 Å². The number of hydrogen-bond donors (Lipinski definition) is 1. The highest BCUT2D eigenvalue weighted by Gasteiger charge is 2.12. The SMILES string of the molecule is CNCc1cc(CN(Cc2ccccc2)Cc2ccccc2)on1. The highest BCUT2D eigenvalue weighted by molar-refractivity contribution is 5.17. The molecule has 24 heavy (non-hydrogen) atoms. The van der Waals surface area contributed by atoms with Crippen molar-refractivity contribution in [1.29, 1.82) is 0 Å². The van der Waals surface area contributed by atoms with Gasteiger partial charge in [-0.3, -0.25) is 4.90 Å². The maximum Gasteiger partial charge on any atom is 0.151 e. The molecule has 1 N–H and O–H groups in total. The molecule has 0 saturated carbocycles. The van der Waals surface area contributed by atoms with Crippen LogP contribution >= 0.6 is 0 Å². The van der Waals surface area contributed by atoms with Gasteiger partial charge < -0.3 is 9.84 Å². The van der Waals surface area contributed by atoms with E-state index in [0.717, 1.165) is 37.6 Å². The summed E-state index contributed by atoms with van der Waals surface area (Å²) in [5.74, 6) is 0.895. The molecule has 2 aromatic carbocycles. The zero-order chi connectivity index (χ0) is 16.6. The van der Waals surface area contributed by atoms with Crippen molar-refractivity contribution in [3.8, 4) is 0 Å². The summed E-state index contributed by atoms with van der Waals surface area (Å²) >= 11 is 0. The van der Waals surface area contributed by atoms with Crippen molar-refractivity contribution in [1.82, 2.24) is 15.4 Å². The standard InChI is InChI=1S/C20H23N3O/c1-21-13-19-12-20(24-22-19)16-23(14-17-8-4-2-5-9-17)15-18-10-6-3-7-11-18/h2-12,21H,13-16H2,1H3. The Hall–Kier alpha value is -2.43. The van der Waals surface area contributed by atoms with Gasteiger partial charge in [-0.05, 0) is 18.2 Å². The molecule has 0 saturated heterocycles. The molecule has 0 unspecified atom stereocenters. The second-order valence-electron chi connectivity index (χ2n) is 5.93. The topological polar surface area (TPSA) is 41.3 Å². The van der Waals surface area contributed by atoms with Gasteiger partial charge in [-0.25, -0.2) is 0 Å². The molecule has 4 nitrogen and oxygen atoms in total. The van der Waals surface area contributed by atoms with Crippen LogP contribution in [0.15, 0.2) is 71.3 Å². The van der Waals surface area contributed by atoms with Crippen LogP contribution < -0.4 is 5.32 Å². The first-order valence-corrected chi connectivity index (χ1v) is 8.23. The number of nitrogens with one attached hydrogen (secondary N) is 1. The lowest BCUT2D eigenvalue weighted by Crippen LogP contribution is -2.22. The summed E-state index contributed by atoms with van der Waals surface area (Å²) in [7, 11) is 1.91. The minimum Gasteiger partial charge on any atom is -0.360 e. The molecule has 0 amide bonds. The van der Waals surface area contributed by atoms with E-state index in [1.807, 2.05) is 25.2 Å². The summed E-state index contributed by atoms with van der Waals surface area (Å²) in [6.45, 7) is 3.21. The average Bonchev–Trinajstić information content (AvgIpc) is 3.04. The van der Waals surface area contributed by atoms with Gasteiger partial charge in [-0.2, -0.15) is 0 Å². The van der Waals surface area contributed by atoms with E-state index < -0.39 is 0 Å². The van der Waals surface area contributed by atoms with Gasteiger partial charge in [0.1, 0.15) is 0 Å². The van der Waals surface area contributed by atoms with E-state index >= 15 is 0 Å². The van der Waals surface area contributed by atoms with E-state index in [-0.39, 0.29) is 0 Å². The predicted molar refractivity (Wildman–Crippen MR) is 95.1 cm³/mol. The summed E-state index contributed by atoms with van der Waals surface area (Å²) in [6.07, 6.45) is 0. The Bertz CT molecular complexity index is 683. The summed E-state index contributed by atoms with van der Waals surface area (Å²) in [5.41, 5.74) is 3.53. The fourth-order valence-corrected chi connectivity index (χ4v) is 2.77. The van der Waals surface area contributed by atoms with Gasteiger partial charge in [0.25, 0.3) is 0 Å². The van der Waals surface area contributed by atoms with Crippen molar-refractivity contribution >= 4 is 0 Å². The molecule has 124 valence electrons. The number of nitrogens with zero attached hydrogens (tertiary/aromatic N) is 2. The normalized spacial score (nSPS) is 11.1. The Morgan fingerprint density at radius 1 is 0.875 bits per heavy atom. The summed E-state index contributed by atoms with van der Waals surface area (Å²) in [6, 6.07) is 23.1. The zero-order valence-electron chi connectivity index (χ0n) is 14.0. The van der Waals surface area contributed by atoms with E-state index in [1.54, 1.807) is 0 Å². The molecule has 4 heteroatoms. The van der Waals surface area contributed by atoms with Gasteiger partial charge in [0.15, 0.2) is 5.76 Å². The van der Waals surface area contributed by atoms with E-state index in [2.05, 4.69) is 63.9 Å². The van der Waals surface area contributed by atoms with Gasteiger partial charge in [0, 0.05) is 25.7 Å². The molecule has 0 spiro atoms. The highest BCUT2D eigenvalue weighted by Crippen LogP contribution is 2.15. The molecular formula is C20H23N3O. The Kier molecular flexibility index (Phi) is 5.77. The lowest BCUT2D eigenvalue weighted by Gasteiger charge is -2.21. The van der Waals surface area contributed by atoms with Crippen LogP contribution in [-0.2, 0) is 26.2 Å². The molecule has 1 heterocycles. The number of hydrogen-bond acceptors (Lipinski definition) is 4. The van der Waals surface area contributed by atoms with Crippen LogP contribution in [0.5, 0.6) is 0 Å². The Labute approximate surface area is 143 Å². The van der Waals surface area contributed by atoms with Crippen LogP contribution in [0.3, 0.4) is 0 Å². The Morgan fingerprint density at radius 2 is 1.46 bits per heavy atom. The van der Waals surface area contributed by atoms with Crippen molar-refractivity contribution < 1.29 is 4.52 Å². The maximum absolute atomic E-state index is 5.49. The molecule has 0 fully saturated rings. The van der Waals surface area contributed by atoms with Crippen molar-refractivity contribution in [2.75, 3.05) is 7.05 Å². The number of rotatable bonds is 8. The molecule has 0 aliphatic carbocycles. The fraction of sp³-hybridized carbons (Fsp3) is 0.250. The van der Waals surface area contributed by atoms with Gasteiger partial charge >= 0.3 is 0 Å². The number of benzene rings is 2. The van der Waals surface area contributed by atoms with E-state index in [9.17, 15) is 0 Å². The van der Waals surface area contributed by atoms with Crippen molar-refractivity contribution in [2.24, 2.45) is 0 Å². The van der Waals surface area contributed by atoms with Crippen LogP contribution in [-0.4, -0.2) is 17.1 Å². The molecule has 0 bridgehead atoms. The zero-order valence-corrected chi connectivity index (χ0v) is 14.0. The minimum absolute atomic E-state index is 0.723. The van der Waals surface area contributed by atoms with Crippen LogP contribution in [0.2, 0.25) is 0 Å². The predicted octanol–water partition coefficient (Wildman–Crippen LogP) is 3.60. The minimum atomic E-state index is 0.723. The molecule has 3 aromatic rings. The van der Waals surface area contributed by atoms with Gasteiger partial charge in [0.2, 0.25) is 0 Å². The third kappa shape index (κ3) is 4.78. The first kappa shape index (κ1) is 16.4. The molecule has 0 radical (unpaired) electrons. The average molecular weight is 321 g/mol. The maximum atomic E-state index is 5.49. The summed E-state index contributed by atoms with van der Waals surface area (Å²) < 4.78 is 5.49. The van der Waals surface area contributed by atoms with Crippen LogP contribution in [0, 0.1) is 0 Å². The van der Waals surface area contributed by atoms with E-state index in [1.165, 1.54) is 11.1 Å². The third-order valence-corrected chi connectivity index (χ3v) is 3.84. The summed E-state index contributed by atoms with van der Waals surface area (Å²) in [5, 5.41) is 7.20. The molecule has 0 atom stereocenters. The first-order chi connectivity index (χ1) is 11.8. The fourth-order valence-electron chi connectivity index (χ4n) is 2.77. The second kappa shape index (κ2) is 8.43. The van der Waals surface area contributed by atoms with Crippen molar-refractivity contribution in [3.63, 3.8) is 0 Å². The van der Waals surface area contributed by atoms with E-state index in [4.69, 9.17) is 4.52 Å². The second-order valence-corrected chi connectivity index (χ2v) is 5.93. The molecular weight excluding hydrogens is 298 g/mol. The quantitative estimate of drug-likeness (QED) is 0.688. The van der Waals surface area contributed by atoms with Gasteiger partial charge in [-0.15, -0.1) is 0 Å². The van der Waals surface area contributed by atoms with Crippen LogP contribution in [0.25, 0.3) is 0 Å². The molecule has 3 rings (SSSR count). The number of aromatic nitrogens is 1. The lowest BCUT2D eigenvalue weighted by molar-refractivity contribution is 0.215. The molecule has 0 aliphatic rings. The van der Waals surface area contributed by atoms with Crippen molar-refractivity contribution in [2.45, 2.75) is 26.2 Å². The summed E-state index contributed by atoms with van der Waals surface area (Å²) in [4.78, 5) is 2.37. The monoisotopic (exact) mass is 321 g/mol. The van der Waals surface area contributed by atoms with Crippen LogP contribution in [0.1, 0.15) is 22.6 Å². The third-order valence-electron chi connectivity index (χ3n) is 3.84.